The van der Waals surface area contributed by atoms with E-state index in [2.05, 4.69) is 37.9 Å². The first-order valence-corrected chi connectivity index (χ1v) is 23.1. The van der Waals surface area contributed by atoms with Crippen molar-refractivity contribution in [1.82, 2.24) is 9.88 Å². The molecule has 0 saturated heterocycles. The van der Waals surface area contributed by atoms with Gasteiger partial charge in [0.25, 0.3) is 11.7 Å². The molecule has 0 radical (unpaired) electrons. The minimum absolute atomic E-state index is 0.0000745. The zero-order valence-corrected chi connectivity index (χ0v) is 41.2. The zero-order chi connectivity index (χ0) is 49.4. The summed E-state index contributed by atoms with van der Waals surface area (Å²) >= 11 is 0. The number of aromatic nitrogens is 1. The first-order chi connectivity index (χ1) is 31.5. The van der Waals surface area contributed by atoms with Crippen molar-refractivity contribution in [3.63, 3.8) is 0 Å². The summed E-state index contributed by atoms with van der Waals surface area (Å²) in [4.78, 5) is 63.4. The van der Waals surface area contributed by atoms with Crippen LogP contribution >= 0.6 is 0 Å². The van der Waals surface area contributed by atoms with E-state index in [1.165, 1.54) is 34.1 Å². The van der Waals surface area contributed by atoms with Gasteiger partial charge in [-0.3, -0.25) is 24.1 Å². The van der Waals surface area contributed by atoms with E-state index in [9.17, 15) is 29.4 Å². The van der Waals surface area contributed by atoms with Gasteiger partial charge < -0.3 is 43.6 Å². The number of hydrogen-bond acceptors (Lipinski definition) is 14. The van der Waals surface area contributed by atoms with E-state index in [1.807, 2.05) is 34.6 Å². The van der Waals surface area contributed by atoms with Crippen LogP contribution in [0.25, 0.3) is 33.3 Å². The van der Waals surface area contributed by atoms with Crippen molar-refractivity contribution in [3.8, 4) is 28.7 Å². The summed E-state index contributed by atoms with van der Waals surface area (Å²) in [6, 6.07) is 5.70. The van der Waals surface area contributed by atoms with Crippen LogP contribution in [0, 0.1) is 36.5 Å². The van der Waals surface area contributed by atoms with Gasteiger partial charge in [0.1, 0.15) is 46.9 Å². The average Bonchev–Trinajstić information content (AvgIpc) is 3.54. The number of aliphatic hydroxyl groups excluding tert-OH is 1. The minimum Gasteiger partial charge on any atom is -0.507 e. The number of phenolic OH excluding ortho intramolecular Hbond substituents is 1. The molecule has 4 aliphatic rings. The molecule has 9 atom stereocenters. The number of hydrogen-bond donors (Lipinski definition) is 3. The summed E-state index contributed by atoms with van der Waals surface area (Å²) in [6.45, 7) is 25.1. The van der Waals surface area contributed by atoms with Crippen LogP contribution in [-0.4, -0.2) is 94.2 Å². The molecule has 2 aromatic carbocycles. The van der Waals surface area contributed by atoms with Gasteiger partial charge in [0, 0.05) is 74.0 Å². The van der Waals surface area contributed by atoms with Gasteiger partial charge in [-0.15, -0.1) is 0 Å². The van der Waals surface area contributed by atoms with E-state index < -0.39 is 58.9 Å². The third-order valence-corrected chi connectivity index (χ3v) is 13.8. The first kappa shape index (κ1) is 50.6. The number of aliphatic hydroxyl groups is 1. The fourth-order valence-corrected chi connectivity index (χ4v) is 9.47. The van der Waals surface area contributed by atoms with E-state index in [4.69, 9.17) is 33.1 Å². The second-order valence-corrected chi connectivity index (χ2v) is 19.0. The molecule has 2 aromatic rings. The van der Waals surface area contributed by atoms with Crippen LogP contribution in [0.5, 0.6) is 17.2 Å². The molecule has 3 heterocycles. The van der Waals surface area contributed by atoms with Crippen LogP contribution in [0.15, 0.2) is 63.6 Å². The molecule has 4 bridgehead atoms. The summed E-state index contributed by atoms with van der Waals surface area (Å²) < 4.78 is 36.9. The number of esters is 1. The van der Waals surface area contributed by atoms with E-state index in [-0.39, 0.29) is 79.6 Å². The number of nitrogens with zero attached hydrogens (tertiary/aromatic N) is 2. The van der Waals surface area contributed by atoms with Gasteiger partial charge in [-0.2, -0.15) is 0 Å². The highest BCUT2D eigenvalue weighted by molar-refractivity contribution is 6.22. The molecule has 1 amide bonds. The number of methoxy groups -OCH3 is 1. The summed E-state index contributed by atoms with van der Waals surface area (Å²) in [7, 11) is 1.51. The number of allylic oxidation sites excluding steroid dienone is 2. The number of carbonyl (C=O) groups excluding carboxylic acids is 3. The van der Waals surface area contributed by atoms with Gasteiger partial charge in [0.05, 0.1) is 29.4 Å². The molecule has 0 fully saturated rings. The smallest absolute Gasteiger partial charge is 0.312 e. The maximum atomic E-state index is 14.8. The molecule has 0 aromatic heterocycles. The molecular weight excluding hydrogens is 859 g/mol. The number of amides is 1. The molecule has 362 valence electrons. The van der Waals surface area contributed by atoms with Gasteiger partial charge in [-0.05, 0) is 77.5 Å². The Morgan fingerprint density at radius 1 is 0.970 bits per heavy atom. The number of benzene rings is 3. The molecule has 0 unspecified atom stereocenters. The SMILES string of the molecule is CO[C@H]1/C=C/O[C@@]2(C)Oc3c(C)c(O)c4c(=O)c(c5oc6cc(OCCN(C(C)C)C(C)C)ccc6nc-5c4c3C2=O)NC(=O)/C(C)=C\C=C\[C@H](C)[C@H](O)[C@@H](C)[C@@H](C)[C@@H](C)[C@H](OC(C)=O)[C@@H]1C. The standard InChI is InChI=1S/C52H67N3O12/c1-25(2)55(26(3)4)21-23-63-35-18-19-36-38(24-35)66-49-42(53-36)39-40-45(58)33(11)48-41(39)50(60)52(13,67-48)64-22-20-37(62-14)32(10)47(65-34(12)56)31(9)29(7)30(8)44(57)27(5)16-15-17-28(6)51(61)54-43(49)46(40)59/h15-20,22,24-27,29-32,37,44,47,57-58H,21,23H2,1-14H3,(H,54,61)/b16-15+,22-20+,28-17-/t27-,29+,30-,31+,32+,37-,44-,47-,52-/m0/s1. The largest absolute Gasteiger partial charge is 0.507 e. The highest BCUT2D eigenvalue weighted by Gasteiger charge is 2.50. The lowest BCUT2D eigenvalue weighted by Crippen LogP contribution is -2.43. The summed E-state index contributed by atoms with van der Waals surface area (Å²) in [6.07, 6.45) is 5.76. The normalized spacial score (nSPS) is 28.2. The van der Waals surface area contributed by atoms with Crippen molar-refractivity contribution in [3.05, 3.63) is 75.7 Å². The van der Waals surface area contributed by atoms with Crippen LogP contribution < -0.4 is 20.2 Å². The van der Waals surface area contributed by atoms with Crippen LogP contribution in [0.1, 0.15) is 99.0 Å². The topological polar surface area (TPSA) is 196 Å². The molecule has 6 rings (SSSR count). The third kappa shape index (κ3) is 9.95. The fourth-order valence-electron chi connectivity index (χ4n) is 9.47. The van der Waals surface area contributed by atoms with Crippen molar-refractivity contribution >= 4 is 45.2 Å². The molecular formula is C52H67N3O12. The maximum Gasteiger partial charge on any atom is 0.312 e. The lowest BCUT2D eigenvalue weighted by atomic mass is 9.73. The molecule has 1 aliphatic carbocycles. The number of anilines is 1. The Morgan fingerprint density at radius 3 is 2.30 bits per heavy atom. The van der Waals surface area contributed by atoms with Crippen molar-refractivity contribution < 1.29 is 52.7 Å². The molecule has 0 saturated carbocycles. The Bertz CT molecular complexity index is 2640. The van der Waals surface area contributed by atoms with E-state index in [1.54, 1.807) is 49.4 Å². The molecule has 0 spiro atoms. The molecule has 3 aliphatic heterocycles. The predicted octanol–water partition coefficient (Wildman–Crippen LogP) is 8.72. The Morgan fingerprint density at radius 2 is 1.66 bits per heavy atom. The van der Waals surface area contributed by atoms with Crippen molar-refractivity contribution in [2.45, 2.75) is 126 Å². The average molecular weight is 926 g/mol. The predicted molar refractivity (Wildman–Crippen MR) is 257 cm³/mol. The number of carbonyl (C=O) groups is 3. The number of fused-ring (bicyclic) bond motifs is 2. The second-order valence-electron chi connectivity index (χ2n) is 19.0. The van der Waals surface area contributed by atoms with Gasteiger partial charge in [0.2, 0.25) is 5.43 Å². The highest BCUT2D eigenvalue weighted by Crippen LogP contribution is 2.50. The monoisotopic (exact) mass is 925 g/mol. The highest BCUT2D eigenvalue weighted by atomic mass is 16.7. The lowest BCUT2D eigenvalue weighted by Gasteiger charge is -2.39. The minimum atomic E-state index is -2.00. The van der Waals surface area contributed by atoms with Gasteiger partial charge in [-0.1, -0.05) is 52.8 Å². The maximum absolute atomic E-state index is 14.8. The molecule has 15 nitrogen and oxygen atoms in total. The fraction of sp³-hybridized carbons (Fsp3) is 0.519. The molecule has 3 N–H and O–H groups in total. The van der Waals surface area contributed by atoms with Crippen molar-refractivity contribution in [1.29, 1.82) is 0 Å². The van der Waals surface area contributed by atoms with Gasteiger partial charge in [0.15, 0.2) is 11.3 Å². The number of nitrogens with one attached hydrogen (secondary N) is 1. The van der Waals surface area contributed by atoms with Crippen LogP contribution in [0.3, 0.4) is 0 Å². The third-order valence-electron chi connectivity index (χ3n) is 13.8. The number of phenols is 1. The Balaban J connectivity index is 1.55. The summed E-state index contributed by atoms with van der Waals surface area (Å²) in [5.74, 6) is -5.44. The lowest BCUT2D eigenvalue weighted by molar-refractivity contribution is -0.157. The molecule has 67 heavy (non-hydrogen) atoms. The van der Waals surface area contributed by atoms with E-state index in [0.29, 0.717) is 36.5 Å². The van der Waals surface area contributed by atoms with E-state index >= 15 is 0 Å². The second kappa shape index (κ2) is 20.2. The zero-order valence-electron chi connectivity index (χ0n) is 41.2. The Kier molecular flexibility index (Phi) is 15.3. The quantitative estimate of drug-likeness (QED) is 0.0862. The van der Waals surface area contributed by atoms with Crippen LogP contribution in [-0.2, 0) is 23.8 Å². The van der Waals surface area contributed by atoms with Crippen LogP contribution in [0.2, 0.25) is 0 Å². The number of aromatic hydroxyl groups is 1. The van der Waals surface area contributed by atoms with Crippen molar-refractivity contribution in [2.75, 3.05) is 25.6 Å². The van der Waals surface area contributed by atoms with E-state index in [0.717, 1.165) is 0 Å². The van der Waals surface area contributed by atoms with Gasteiger partial charge in [-0.25, -0.2) is 4.98 Å². The number of ether oxygens (including phenoxy) is 5. The molecule has 15 heteroatoms. The summed E-state index contributed by atoms with van der Waals surface area (Å²) in [5, 5.41) is 25.8. The number of ketones is 1. The number of rotatable bonds is 8. The first-order valence-electron chi connectivity index (χ1n) is 23.1. The Labute approximate surface area is 392 Å². The summed E-state index contributed by atoms with van der Waals surface area (Å²) in [5.41, 5.74) is -0.349. The van der Waals surface area contributed by atoms with Gasteiger partial charge >= 0.3 is 11.8 Å². The number of Topliss-reactive ketones (excluding diaryl/α,β-unsaturated/α-hetero) is 1. The Hall–Kier alpha value is -5.77. The van der Waals surface area contributed by atoms with Crippen LogP contribution in [0.4, 0.5) is 5.69 Å². The van der Waals surface area contributed by atoms with Crippen molar-refractivity contribution in [2.24, 2.45) is 29.6 Å².